The highest BCUT2D eigenvalue weighted by molar-refractivity contribution is 7.84. The van der Waals surface area contributed by atoms with Crippen molar-refractivity contribution in [3.63, 3.8) is 0 Å². The zero-order valence-electron chi connectivity index (χ0n) is 13.7. The zero-order valence-corrected chi connectivity index (χ0v) is 14.5. The number of allylic oxidation sites excluding steroid dienone is 5. The molecular formula is C17H25NO5S. The Hall–Kier alpha value is -0.990. The van der Waals surface area contributed by atoms with Gasteiger partial charge in [-0.15, -0.1) is 0 Å². The van der Waals surface area contributed by atoms with Gasteiger partial charge in [0.05, 0.1) is 12.7 Å². The second-order valence-electron chi connectivity index (χ2n) is 6.57. The lowest BCUT2D eigenvalue weighted by atomic mass is 9.94. The van der Waals surface area contributed by atoms with Crippen LogP contribution >= 0.6 is 0 Å². The normalized spacial score (nSPS) is 29.6. The van der Waals surface area contributed by atoms with Crippen molar-refractivity contribution in [3.05, 3.63) is 36.0 Å². The maximum absolute atomic E-state index is 11.1. The van der Waals surface area contributed by atoms with E-state index in [4.69, 9.17) is 18.8 Å². The summed E-state index contributed by atoms with van der Waals surface area (Å²) >= 11 is 0. The van der Waals surface area contributed by atoms with E-state index >= 15 is 0 Å². The minimum atomic E-state index is -3.99. The lowest BCUT2D eigenvalue weighted by Gasteiger charge is -2.32. The Morgan fingerprint density at radius 1 is 1.17 bits per heavy atom. The predicted molar refractivity (Wildman–Crippen MR) is 90.2 cm³/mol. The fourth-order valence-electron chi connectivity index (χ4n) is 3.54. The first-order valence-corrected chi connectivity index (χ1v) is 9.98. The standard InChI is InChI=1S/C17H25NO5S/c18-24(19,20)21-13-16-15(12-14-8-4-1-2-5-9-14)22-17(23-16)10-6-3-7-11-17/h1-2,4,8-9,15-16H,3,5-7,10-13H2,(H2,18,19,20). The number of nitrogens with two attached hydrogens (primary N) is 1. The molecule has 1 spiro atoms. The molecule has 3 aliphatic rings. The molecule has 7 heteroatoms. The Balaban J connectivity index is 1.71. The van der Waals surface area contributed by atoms with E-state index in [2.05, 4.69) is 18.2 Å². The average Bonchev–Trinajstić information content (AvgIpc) is 2.70. The van der Waals surface area contributed by atoms with Crippen LogP contribution in [0.15, 0.2) is 36.0 Å². The van der Waals surface area contributed by atoms with Crippen LogP contribution in [-0.2, 0) is 24.0 Å². The topological polar surface area (TPSA) is 87.9 Å². The first-order valence-electron chi connectivity index (χ1n) is 8.51. The fraction of sp³-hybridized carbons (Fsp3) is 0.647. The molecule has 1 saturated heterocycles. The molecule has 134 valence electrons. The smallest absolute Gasteiger partial charge is 0.333 e. The van der Waals surface area contributed by atoms with E-state index in [-0.39, 0.29) is 12.7 Å². The van der Waals surface area contributed by atoms with Gasteiger partial charge in [0.1, 0.15) is 6.10 Å². The molecule has 1 aliphatic heterocycles. The van der Waals surface area contributed by atoms with E-state index in [1.54, 1.807) is 0 Å². The van der Waals surface area contributed by atoms with Crippen LogP contribution < -0.4 is 5.14 Å². The van der Waals surface area contributed by atoms with Crippen LogP contribution in [0.25, 0.3) is 0 Å². The highest BCUT2D eigenvalue weighted by Gasteiger charge is 2.48. The summed E-state index contributed by atoms with van der Waals surface area (Å²) in [5, 5.41) is 4.96. The first-order chi connectivity index (χ1) is 11.5. The first kappa shape index (κ1) is 17.8. The minimum Gasteiger partial charge on any atom is -0.344 e. The summed E-state index contributed by atoms with van der Waals surface area (Å²) in [4.78, 5) is 0. The highest BCUT2D eigenvalue weighted by Crippen LogP contribution is 2.42. The maximum atomic E-state index is 11.1. The van der Waals surface area contributed by atoms with E-state index in [0.29, 0.717) is 6.42 Å². The van der Waals surface area contributed by atoms with Crippen LogP contribution in [-0.4, -0.2) is 33.0 Å². The van der Waals surface area contributed by atoms with Crippen molar-refractivity contribution in [2.75, 3.05) is 6.61 Å². The molecule has 0 amide bonds. The van der Waals surface area contributed by atoms with E-state index in [0.717, 1.165) is 37.7 Å². The molecule has 0 aromatic rings. The van der Waals surface area contributed by atoms with Crippen molar-refractivity contribution >= 4 is 10.3 Å². The molecule has 0 aromatic carbocycles. The van der Waals surface area contributed by atoms with Crippen molar-refractivity contribution in [1.29, 1.82) is 0 Å². The number of rotatable bonds is 5. The van der Waals surface area contributed by atoms with Crippen LogP contribution in [0.1, 0.15) is 44.9 Å². The predicted octanol–water partition coefficient (Wildman–Crippen LogP) is 2.48. The summed E-state index contributed by atoms with van der Waals surface area (Å²) in [6.45, 7) is -0.111. The van der Waals surface area contributed by atoms with Gasteiger partial charge in [0.25, 0.3) is 0 Å². The Morgan fingerprint density at radius 2 is 1.92 bits per heavy atom. The minimum absolute atomic E-state index is 0.111. The van der Waals surface area contributed by atoms with Crippen LogP contribution in [0.5, 0.6) is 0 Å². The van der Waals surface area contributed by atoms with Crippen LogP contribution in [0.4, 0.5) is 0 Å². The Bertz CT molecular complexity index is 631. The van der Waals surface area contributed by atoms with Gasteiger partial charge in [0, 0.05) is 19.3 Å². The molecule has 2 aliphatic carbocycles. The molecule has 2 N–H and O–H groups in total. The Morgan fingerprint density at radius 3 is 2.67 bits per heavy atom. The molecule has 6 nitrogen and oxygen atoms in total. The molecule has 0 radical (unpaired) electrons. The second kappa shape index (κ2) is 7.49. The zero-order chi connectivity index (χ0) is 17.0. The molecule has 1 saturated carbocycles. The molecule has 2 atom stereocenters. The van der Waals surface area contributed by atoms with Crippen LogP contribution in [0, 0.1) is 0 Å². The van der Waals surface area contributed by atoms with Gasteiger partial charge < -0.3 is 9.47 Å². The van der Waals surface area contributed by atoms with Gasteiger partial charge in [-0.1, -0.05) is 36.8 Å². The quantitative estimate of drug-likeness (QED) is 0.818. The molecule has 2 unspecified atom stereocenters. The highest BCUT2D eigenvalue weighted by atomic mass is 32.2. The van der Waals surface area contributed by atoms with Gasteiger partial charge >= 0.3 is 10.3 Å². The van der Waals surface area contributed by atoms with Crippen molar-refractivity contribution in [3.8, 4) is 0 Å². The number of hydrogen-bond acceptors (Lipinski definition) is 5. The Labute approximate surface area is 143 Å². The summed E-state index contributed by atoms with van der Waals surface area (Å²) in [6.07, 6.45) is 16.1. The molecule has 0 aromatic heterocycles. The van der Waals surface area contributed by atoms with E-state index in [9.17, 15) is 8.42 Å². The summed E-state index contributed by atoms with van der Waals surface area (Å²) in [5.74, 6) is -0.595. The van der Waals surface area contributed by atoms with Gasteiger partial charge in [0.2, 0.25) is 0 Å². The van der Waals surface area contributed by atoms with Crippen LogP contribution in [0.3, 0.4) is 0 Å². The average molecular weight is 355 g/mol. The van der Waals surface area contributed by atoms with Crippen molar-refractivity contribution in [2.45, 2.75) is 62.9 Å². The van der Waals surface area contributed by atoms with E-state index in [1.165, 1.54) is 6.42 Å². The molecule has 2 fully saturated rings. The summed E-state index contributed by atoms with van der Waals surface area (Å²) in [7, 11) is -3.99. The third-order valence-corrected chi connectivity index (χ3v) is 5.13. The van der Waals surface area contributed by atoms with Crippen LogP contribution in [0.2, 0.25) is 0 Å². The third-order valence-electron chi connectivity index (χ3n) is 4.67. The molecule has 24 heavy (non-hydrogen) atoms. The van der Waals surface area contributed by atoms with Gasteiger partial charge in [-0.25, -0.2) is 5.14 Å². The Kier molecular flexibility index (Phi) is 5.56. The number of ether oxygens (including phenoxy) is 2. The summed E-state index contributed by atoms with van der Waals surface area (Å²) in [6, 6.07) is 0. The molecule has 0 bridgehead atoms. The van der Waals surface area contributed by atoms with E-state index < -0.39 is 22.2 Å². The molecular weight excluding hydrogens is 330 g/mol. The van der Waals surface area contributed by atoms with Gasteiger partial charge in [-0.05, 0) is 24.8 Å². The lowest BCUT2D eigenvalue weighted by molar-refractivity contribution is -0.195. The fourth-order valence-corrected chi connectivity index (χ4v) is 3.87. The third kappa shape index (κ3) is 4.77. The van der Waals surface area contributed by atoms with E-state index in [1.807, 2.05) is 12.2 Å². The summed E-state index contributed by atoms with van der Waals surface area (Å²) in [5.41, 5.74) is 1.15. The lowest BCUT2D eigenvalue weighted by Crippen LogP contribution is -2.34. The van der Waals surface area contributed by atoms with Crippen molar-refractivity contribution in [1.82, 2.24) is 0 Å². The molecule has 1 heterocycles. The van der Waals surface area contributed by atoms with Gasteiger partial charge in [0.15, 0.2) is 5.79 Å². The van der Waals surface area contributed by atoms with Crippen molar-refractivity contribution < 1.29 is 22.1 Å². The largest absolute Gasteiger partial charge is 0.344 e. The maximum Gasteiger partial charge on any atom is 0.333 e. The van der Waals surface area contributed by atoms with Crippen molar-refractivity contribution in [2.24, 2.45) is 5.14 Å². The second-order valence-corrected chi connectivity index (χ2v) is 7.79. The number of hydrogen-bond donors (Lipinski definition) is 1. The monoisotopic (exact) mass is 355 g/mol. The summed E-state index contributed by atoms with van der Waals surface area (Å²) < 4.78 is 39.5. The van der Waals surface area contributed by atoms with Gasteiger partial charge in [-0.2, -0.15) is 8.42 Å². The molecule has 3 rings (SSSR count). The van der Waals surface area contributed by atoms with Gasteiger partial charge in [-0.3, -0.25) is 4.18 Å². The SMILES string of the molecule is NS(=O)(=O)OCC1OC2(CCCCC2)OC1CC1=CCC=CC=C1.